The molecule has 0 spiro atoms. The Hall–Kier alpha value is 0.460. The molecule has 0 atom stereocenters. The van der Waals surface area contributed by atoms with E-state index in [1.54, 1.807) is 0 Å². The first-order valence-corrected chi connectivity index (χ1v) is 3.93. The SMILES string of the molecule is CCSCC(F)(F)CN.Cl. The standard InChI is InChI=1S/C5H11F2NS.ClH/c1-2-9-4-5(6,7)3-8;/h2-4,8H2,1H3;1H. The minimum absolute atomic E-state index is 0. The maximum atomic E-state index is 12.2. The minimum Gasteiger partial charge on any atom is -0.325 e. The lowest BCUT2D eigenvalue weighted by molar-refractivity contribution is 0.0376. The summed E-state index contributed by atoms with van der Waals surface area (Å²) in [7, 11) is 0. The van der Waals surface area contributed by atoms with Crippen molar-refractivity contribution in [3.63, 3.8) is 0 Å². The fourth-order valence-corrected chi connectivity index (χ4v) is 0.931. The molecule has 0 aliphatic rings. The molecule has 0 aromatic rings. The third-order valence-corrected chi connectivity index (χ3v) is 1.85. The molecule has 0 saturated carbocycles. The lowest BCUT2D eigenvalue weighted by atomic mass is 10.4. The van der Waals surface area contributed by atoms with Gasteiger partial charge in [0.2, 0.25) is 0 Å². The first kappa shape index (κ1) is 13.1. The van der Waals surface area contributed by atoms with Crippen LogP contribution in [-0.4, -0.2) is 24.0 Å². The van der Waals surface area contributed by atoms with E-state index in [4.69, 9.17) is 5.73 Å². The number of nitrogens with two attached hydrogens (primary N) is 1. The van der Waals surface area contributed by atoms with Gasteiger partial charge < -0.3 is 5.73 Å². The molecule has 5 heteroatoms. The van der Waals surface area contributed by atoms with Gasteiger partial charge >= 0.3 is 0 Å². The zero-order chi connectivity index (χ0) is 7.33. The van der Waals surface area contributed by atoms with Crippen LogP contribution in [0.3, 0.4) is 0 Å². The summed E-state index contributed by atoms with van der Waals surface area (Å²) in [5, 5.41) is 0. The number of hydrogen-bond donors (Lipinski definition) is 1. The Kier molecular flexibility index (Phi) is 8.09. The summed E-state index contributed by atoms with van der Waals surface area (Å²) >= 11 is 1.21. The Balaban J connectivity index is 0. The van der Waals surface area contributed by atoms with Crippen molar-refractivity contribution in [1.82, 2.24) is 0 Å². The van der Waals surface area contributed by atoms with Gasteiger partial charge in [-0.25, -0.2) is 8.78 Å². The van der Waals surface area contributed by atoms with Crippen LogP contribution in [0.5, 0.6) is 0 Å². The van der Waals surface area contributed by atoms with E-state index in [0.717, 1.165) is 5.75 Å². The normalized spacial score (nSPS) is 10.8. The van der Waals surface area contributed by atoms with Crippen LogP contribution in [0.1, 0.15) is 6.92 Å². The summed E-state index contributed by atoms with van der Waals surface area (Å²) in [4.78, 5) is 0. The molecule has 10 heavy (non-hydrogen) atoms. The molecule has 0 aliphatic heterocycles. The maximum Gasteiger partial charge on any atom is 0.268 e. The molecule has 0 aromatic carbocycles. The van der Waals surface area contributed by atoms with Gasteiger partial charge in [0.25, 0.3) is 5.92 Å². The quantitative estimate of drug-likeness (QED) is 0.733. The molecule has 0 unspecified atom stereocenters. The average Bonchev–Trinajstić information content (AvgIpc) is 1.84. The Labute approximate surface area is 70.1 Å². The van der Waals surface area contributed by atoms with E-state index >= 15 is 0 Å². The molecule has 0 rings (SSSR count). The van der Waals surface area contributed by atoms with E-state index in [0.29, 0.717) is 0 Å². The van der Waals surface area contributed by atoms with Crippen LogP contribution in [0, 0.1) is 0 Å². The predicted octanol–water partition coefficient (Wildman–Crippen LogP) is 1.76. The van der Waals surface area contributed by atoms with E-state index in [1.165, 1.54) is 11.8 Å². The summed E-state index contributed by atoms with van der Waals surface area (Å²) in [6.07, 6.45) is 0. The highest BCUT2D eigenvalue weighted by atomic mass is 35.5. The van der Waals surface area contributed by atoms with E-state index < -0.39 is 12.5 Å². The van der Waals surface area contributed by atoms with Crippen LogP contribution in [0.2, 0.25) is 0 Å². The Bertz CT molecular complexity index is 82.0. The monoisotopic (exact) mass is 191 g/mol. The summed E-state index contributed by atoms with van der Waals surface area (Å²) in [6, 6.07) is 0. The highest BCUT2D eigenvalue weighted by Gasteiger charge is 2.25. The van der Waals surface area contributed by atoms with Crippen molar-refractivity contribution in [2.75, 3.05) is 18.1 Å². The molecule has 64 valence electrons. The van der Waals surface area contributed by atoms with Crippen molar-refractivity contribution < 1.29 is 8.78 Å². The fraction of sp³-hybridized carbons (Fsp3) is 1.00. The summed E-state index contributed by atoms with van der Waals surface area (Å²) in [5.41, 5.74) is 4.78. The fourth-order valence-electron chi connectivity index (χ4n) is 0.310. The van der Waals surface area contributed by atoms with E-state index in [2.05, 4.69) is 0 Å². The molecule has 0 aromatic heterocycles. The van der Waals surface area contributed by atoms with E-state index in [1.807, 2.05) is 6.92 Å². The van der Waals surface area contributed by atoms with Crippen molar-refractivity contribution >= 4 is 24.2 Å². The average molecular weight is 192 g/mol. The molecule has 1 nitrogen and oxygen atoms in total. The largest absolute Gasteiger partial charge is 0.325 e. The highest BCUT2D eigenvalue weighted by Crippen LogP contribution is 2.17. The maximum absolute atomic E-state index is 12.2. The highest BCUT2D eigenvalue weighted by molar-refractivity contribution is 7.99. The Morgan fingerprint density at radius 2 is 2.00 bits per heavy atom. The Morgan fingerprint density at radius 3 is 2.30 bits per heavy atom. The molecule has 0 saturated heterocycles. The molecule has 0 fully saturated rings. The van der Waals surface area contributed by atoms with Gasteiger partial charge in [-0.15, -0.1) is 12.4 Å². The topological polar surface area (TPSA) is 26.0 Å². The zero-order valence-electron chi connectivity index (χ0n) is 5.77. The predicted molar refractivity (Wildman–Crippen MR) is 44.2 cm³/mol. The molecule has 0 aliphatic carbocycles. The minimum atomic E-state index is -2.67. The van der Waals surface area contributed by atoms with Gasteiger partial charge in [0.1, 0.15) is 0 Å². The Morgan fingerprint density at radius 1 is 1.50 bits per heavy atom. The molecule has 0 radical (unpaired) electrons. The zero-order valence-corrected chi connectivity index (χ0v) is 7.40. The molecule has 2 N–H and O–H groups in total. The number of rotatable bonds is 4. The van der Waals surface area contributed by atoms with Crippen LogP contribution in [0.25, 0.3) is 0 Å². The van der Waals surface area contributed by atoms with Gasteiger partial charge in [-0.3, -0.25) is 0 Å². The van der Waals surface area contributed by atoms with Gasteiger partial charge in [-0.1, -0.05) is 6.92 Å². The number of halogens is 3. The molecule has 0 amide bonds. The second-order valence-electron chi connectivity index (χ2n) is 1.70. The second-order valence-corrected chi connectivity index (χ2v) is 2.97. The lowest BCUT2D eigenvalue weighted by Gasteiger charge is -2.11. The summed E-state index contributed by atoms with van der Waals surface area (Å²) < 4.78 is 24.4. The number of hydrogen-bond acceptors (Lipinski definition) is 2. The van der Waals surface area contributed by atoms with Gasteiger partial charge in [-0.2, -0.15) is 11.8 Å². The van der Waals surface area contributed by atoms with Crippen molar-refractivity contribution in [3.8, 4) is 0 Å². The third kappa shape index (κ3) is 6.58. The van der Waals surface area contributed by atoms with Crippen LogP contribution in [0.15, 0.2) is 0 Å². The van der Waals surface area contributed by atoms with Gasteiger partial charge in [0.15, 0.2) is 0 Å². The van der Waals surface area contributed by atoms with E-state index in [9.17, 15) is 8.78 Å². The van der Waals surface area contributed by atoms with Crippen LogP contribution < -0.4 is 5.73 Å². The van der Waals surface area contributed by atoms with Crippen molar-refractivity contribution in [3.05, 3.63) is 0 Å². The van der Waals surface area contributed by atoms with Crippen LogP contribution in [-0.2, 0) is 0 Å². The lowest BCUT2D eigenvalue weighted by Crippen LogP contribution is -2.30. The number of thioether (sulfide) groups is 1. The summed E-state index contributed by atoms with van der Waals surface area (Å²) in [5.74, 6) is -2.10. The number of alkyl halides is 2. The van der Waals surface area contributed by atoms with Gasteiger partial charge in [0.05, 0.1) is 12.3 Å². The molecular weight excluding hydrogens is 180 g/mol. The first-order chi connectivity index (χ1) is 4.12. The van der Waals surface area contributed by atoms with Gasteiger partial charge in [0, 0.05) is 0 Å². The van der Waals surface area contributed by atoms with Crippen LogP contribution >= 0.6 is 24.2 Å². The molecular formula is C5H12ClF2NS. The van der Waals surface area contributed by atoms with E-state index in [-0.39, 0.29) is 18.2 Å². The third-order valence-electron chi connectivity index (χ3n) is 0.816. The summed E-state index contributed by atoms with van der Waals surface area (Å²) in [6.45, 7) is 1.30. The second kappa shape index (κ2) is 6.19. The van der Waals surface area contributed by atoms with Crippen molar-refractivity contribution in [2.45, 2.75) is 12.8 Å². The van der Waals surface area contributed by atoms with Gasteiger partial charge in [-0.05, 0) is 5.75 Å². The van der Waals surface area contributed by atoms with Crippen molar-refractivity contribution in [2.24, 2.45) is 5.73 Å². The van der Waals surface area contributed by atoms with Crippen LogP contribution in [0.4, 0.5) is 8.78 Å². The first-order valence-electron chi connectivity index (χ1n) is 2.78. The smallest absolute Gasteiger partial charge is 0.268 e. The van der Waals surface area contributed by atoms with Crippen molar-refractivity contribution in [1.29, 1.82) is 0 Å². The molecule has 0 heterocycles. The molecule has 0 bridgehead atoms.